The standard InChI is InChI=1S/C15H22O2/c1-5-6-14(16)10-17-15-8-12(4)7-13(9-15)11(2)3/h7-9,11H,5-6,10H2,1-4H3. The van der Waals surface area contributed by atoms with Crippen molar-refractivity contribution in [2.45, 2.75) is 46.5 Å². The Kier molecular flexibility index (Phi) is 5.20. The lowest BCUT2D eigenvalue weighted by molar-refractivity contribution is -0.121. The van der Waals surface area contributed by atoms with Gasteiger partial charge in [-0.2, -0.15) is 0 Å². The fourth-order valence-electron chi connectivity index (χ4n) is 1.71. The second-order valence-electron chi connectivity index (χ2n) is 4.81. The van der Waals surface area contributed by atoms with Gasteiger partial charge in [0.05, 0.1) is 0 Å². The van der Waals surface area contributed by atoms with Gasteiger partial charge in [0.15, 0.2) is 5.78 Å². The Morgan fingerprint density at radius 2 is 2.00 bits per heavy atom. The van der Waals surface area contributed by atoms with Crippen LogP contribution in [0.15, 0.2) is 18.2 Å². The number of benzene rings is 1. The summed E-state index contributed by atoms with van der Waals surface area (Å²) in [5, 5.41) is 0. The van der Waals surface area contributed by atoms with Crippen molar-refractivity contribution >= 4 is 5.78 Å². The van der Waals surface area contributed by atoms with Crippen LogP contribution < -0.4 is 4.74 Å². The van der Waals surface area contributed by atoms with Gasteiger partial charge in [0, 0.05) is 6.42 Å². The van der Waals surface area contributed by atoms with Crippen LogP contribution in [0.5, 0.6) is 5.75 Å². The van der Waals surface area contributed by atoms with Gasteiger partial charge in [-0.1, -0.05) is 26.8 Å². The summed E-state index contributed by atoms with van der Waals surface area (Å²) in [6.07, 6.45) is 1.48. The molecule has 0 saturated heterocycles. The van der Waals surface area contributed by atoms with Crippen LogP contribution in [0.2, 0.25) is 0 Å². The molecule has 1 aromatic rings. The minimum atomic E-state index is 0.167. The maximum absolute atomic E-state index is 11.4. The van der Waals surface area contributed by atoms with Crippen molar-refractivity contribution in [1.82, 2.24) is 0 Å². The van der Waals surface area contributed by atoms with E-state index >= 15 is 0 Å². The minimum Gasteiger partial charge on any atom is -0.486 e. The zero-order valence-electron chi connectivity index (χ0n) is 11.2. The molecule has 0 aromatic heterocycles. The van der Waals surface area contributed by atoms with E-state index in [-0.39, 0.29) is 12.4 Å². The molecule has 2 nitrogen and oxygen atoms in total. The molecule has 1 aromatic carbocycles. The van der Waals surface area contributed by atoms with Crippen molar-refractivity contribution < 1.29 is 9.53 Å². The van der Waals surface area contributed by atoms with Crippen LogP contribution in [-0.4, -0.2) is 12.4 Å². The molecule has 0 aliphatic rings. The monoisotopic (exact) mass is 234 g/mol. The van der Waals surface area contributed by atoms with E-state index < -0.39 is 0 Å². The van der Waals surface area contributed by atoms with Crippen molar-refractivity contribution in [2.24, 2.45) is 0 Å². The van der Waals surface area contributed by atoms with Crippen molar-refractivity contribution in [3.05, 3.63) is 29.3 Å². The molecule has 0 spiro atoms. The highest BCUT2D eigenvalue weighted by atomic mass is 16.5. The van der Waals surface area contributed by atoms with Crippen LogP contribution in [0.25, 0.3) is 0 Å². The molecule has 0 amide bonds. The molecular weight excluding hydrogens is 212 g/mol. The summed E-state index contributed by atoms with van der Waals surface area (Å²) >= 11 is 0. The first-order valence-electron chi connectivity index (χ1n) is 6.29. The van der Waals surface area contributed by atoms with E-state index in [9.17, 15) is 4.79 Å². The number of Topliss-reactive ketones (excluding diaryl/α,β-unsaturated/α-hetero) is 1. The number of carbonyl (C=O) groups excluding carboxylic acids is 1. The Hall–Kier alpha value is -1.31. The van der Waals surface area contributed by atoms with Gasteiger partial charge in [0.1, 0.15) is 12.4 Å². The van der Waals surface area contributed by atoms with Gasteiger partial charge in [-0.25, -0.2) is 0 Å². The second-order valence-corrected chi connectivity index (χ2v) is 4.81. The minimum absolute atomic E-state index is 0.167. The summed E-state index contributed by atoms with van der Waals surface area (Å²) in [6, 6.07) is 6.16. The smallest absolute Gasteiger partial charge is 0.170 e. The van der Waals surface area contributed by atoms with Crippen molar-refractivity contribution in [1.29, 1.82) is 0 Å². The molecule has 0 heterocycles. The predicted octanol–water partition coefficient (Wildman–Crippen LogP) is 3.87. The van der Waals surface area contributed by atoms with Gasteiger partial charge in [0.2, 0.25) is 0 Å². The average molecular weight is 234 g/mol. The fraction of sp³-hybridized carbons (Fsp3) is 0.533. The molecule has 17 heavy (non-hydrogen) atoms. The molecular formula is C15H22O2. The molecule has 94 valence electrons. The maximum atomic E-state index is 11.4. The van der Waals surface area contributed by atoms with E-state index in [1.165, 1.54) is 11.1 Å². The SMILES string of the molecule is CCCC(=O)COc1cc(C)cc(C(C)C)c1. The molecule has 0 saturated carbocycles. The third kappa shape index (κ3) is 4.59. The molecule has 0 radical (unpaired) electrons. The van der Waals surface area contributed by atoms with E-state index in [2.05, 4.69) is 19.9 Å². The topological polar surface area (TPSA) is 26.3 Å². The lowest BCUT2D eigenvalue weighted by Gasteiger charge is -2.11. The van der Waals surface area contributed by atoms with Crippen molar-refractivity contribution in [2.75, 3.05) is 6.61 Å². The first-order chi connectivity index (χ1) is 8.02. The van der Waals surface area contributed by atoms with Crippen LogP contribution in [0.3, 0.4) is 0 Å². The van der Waals surface area contributed by atoms with Crippen molar-refractivity contribution in [3.63, 3.8) is 0 Å². The van der Waals surface area contributed by atoms with Crippen LogP contribution in [0.1, 0.15) is 50.7 Å². The number of ketones is 1. The summed E-state index contributed by atoms with van der Waals surface area (Å²) < 4.78 is 5.54. The molecule has 1 rings (SSSR count). The Morgan fingerprint density at radius 1 is 1.29 bits per heavy atom. The molecule has 0 fully saturated rings. The summed E-state index contributed by atoms with van der Waals surface area (Å²) in [5.74, 6) is 1.45. The number of ether oxygens (including phenoxy) is 1. The fourth-order valence-corrected chi connectivity index (χ4v) is 1.71. The normalized spacial score (nSPS) is 10.6. The lowest BCUT2D eigenvalue weighted by Crippen LogP contribution is -2.10. The summed E-state index contributed by atoms with van der Waals surface area (Å²) in [7, 11) is 0. The number of hydrogen-bond donors (Lipinski definition) is 0. The Bertz CT molecular complexity index is 381. The highest BCUT2D eigenvalue weighted by Crippen LogP contribution is 2.22. The highest BCUT2D eigenvalue weighted by Gasteiger charge is 2.05. The summed E-state index contributed by atoms with van der Waals surface area (Å²) in [6.45, 7) is 8.55. The maximum Gasteiger partial charge on any atom is 0.170 e. The van der Waals surface area contributed by atoms with E-state index in [0.717, 1.165) is 12.2 Å². The van der Waals surface area contributed by atoms with Gasteiger partial charge < -0.3 is 4.74 Å². The molecule has 0 unspecified atom stereocenters. The Balaban J connectivity index is 2.68. The Morgan fingerprint density at radius 3 is 2.59 bits per heavy atom. The van der Waals surface area contributed by atoms with E-state index in [4.69, 9.17) is 4.74 Å². The predicted molar refractivity (Wildman–Crippen MR) is 70.7 cm³/mol. The van der Waals surface area contributed by atoms with Gasteiger partial charge in [-0.3, -0.25) is 4.79 Å². The van der Waals surface area contributed by atoms with E-state index in [0.29, 0.717) is 12.3 Å². The summed E-state index contributed by atoms with van der Waals surface area (Å²) in [5.41, 5.74) is 2.43. The summed E-state index contributed by atoms with van der Waals surface area (Å²) in [4.78, 5) is 11.4. The lowest BCUT2D eigenvalue weighted by atomic mass is 10.0. The van der Waals surface area contributed by atoms with Crippen LogP contribution >= 0.6 is 0 Å². The molecule has 0 atom stereocenters. The zero-order chi connectivity index (χ0) is 12.8. The second kappa shape index (κ2) is 6.43. The number of carbonyl (C=O) groups is 1. The first kappa shape index (κ1) is 13.8. The van der Waals surface area contributed by atoms with Crippen molar-refractivity contribution in [3.8, 4) is 5.75 Å². The highest BCUT2D eigenvalue weighted by molar-refractivity contribution is 5.79. The molecule has 0 bridgehead atoms. The average Bonchev–Trinajstić information content (AvgIpc) is 2.26. The van der Waals surface area contributed by atoms with Gasteiger partial charge in [-0.15, -0.1) is 0 Å². The largest absolute Gasteiger partial charge is 0.486 e. The molecule has 2 heteroatoms. The molecule has 0 aliphatic carbocycles. The first-order valence-corrected chi connectivity index (χ1v) is 6.29. The third-order valence-electron chi connectivity index (χ3n) is 2.67. The third-order valence-corrected chi connectivity index (χ3v) is 2.67. The number of aryl methyl sites for hydroxylation is 1. The van der Waals surface area contributed by atoms with Gasteiger partial charge >= 0.3 is 0 Å². The number of rotatable bonds is 6. The molecule has 0 aliphatic heterocycles. The van der Waals surface area contributed by atoms with Crippen LogP contribution in [-0.2, 0) is 4.79 Å². The molecule has 0 N–H and O–H groups in total. The van der Waals surface area contributed by atoms with Gasteiger partial charge in [-0.05, 0) is 42.5 Å². The Labute approximate surface area is 104 Å². The van der Waals surface area contributed by atoms with Crippen LogP contribution in [0.4, 0.5) is 0 Å². The van der Waals surface area contributed by atoms with Gasteiger partial charge in [0.25, 0.3) is 0 Å². The quantitative estimate of drug-likeness (QED) is 0.747. The van der Waals surface area contributed by atoms with Crippen LogP contribution in [0, 0.1) is 6.92 Å². The zero-order valence-corrected chi connectivity index (χ0v) is 11.2. The number of hydrogen-bond acceptors (Lipinski definition) is 2. The van der Waals surface area contributed by atoms with E-state index in [1.54, 1.807) is 0 Å². The van der Waals surface area contributed by atoms with E-state index in [1.807, 2.05) is 26.0 Å².